The van der Waals surface area contributed by atoms with Crippen molar-refractivity contribution < 1.29 is 62.6 Å². The normalized spacial score (nSPS) is 18.1. The molecule has 2 aliphatic rings. The van der Waals surface area contributed by atoms with Crippen LogP contribution in [0.3, 0.4) is 0 Å². The van der Waals surface area contributed by atoms with Gasteiger partial charge in [-0.15, -0.1) is 0 Å². The van der Waals surface area contributed by atoms with Crippen LogP contribution in [0.4, 0.5) is 0 Å². The molecular weight excluding hydrogens is 1050 g/mol. The number of hydrogen-bond donors (Lipinski definition) is 11. The molecule has 2 saturated heterocycles. The predicted octanol–water partition coefficient (Wildman–Crippen LogP) is -0.101. The van der Waals surface area contributed by atoms with Crippen molar-refractivity contribution >= 4 is 70.9 Å². The third-order valence-corrected chi connectivity index (χ3v) is 14.3. The van der Waals surface area contributed by atoms with Gasteiger partial charge in [-0.05, 0) is 116 Å². The van der Waals surface area contributed by atoms with Gasteiger partial charge in [-0.2, -0.15) is 0 Å². The molecule has 2 heterocycles. The van der Waals surface area contributed by atoms with Gasteiger partial charge in [-0.25, -0.2) is 0 Å². The SMILES string of the molecule is CC(=O)NC(C)(C)C(=O)NC(CC(N)=O)C(=O)NC(CC(C)C)C(=O)NC(C(=O)NC(C)(C)C(=O)N1CCCC1C(=O)NC(CC(C)C)C(=O)NC(CC(C)C)C(=O)NC(C)(C)C(=O)N1CCCC1C(=O)NC(CO)C(C)C)C(C)C. The average Bonchev–Trinajstić information content (AvgIpc) is 4.22. The van der Waals surface area contributed by atoms with Gasteiger partial charge in [-0.3, -0.25) is 57.5 Å². The van der Waals surface area contributed by atoms with Crippen molar-refractivity contribution in [2.45, 2.75) is 234 Å². The van der Waals surface area contributed by atoms with E-state index >= 15 is 0 Å². The summed E-state index contributed by atoms with van der Waals surface area (Å²) in [5.74, 6) is -9.25. The van der Waals surface area contributed by atoms with E-state index in [9.17, 15) is 62.6 Å². The topological polar surface area (TPSA) is 366 Å². The summed E-state index contributed by atoms with van der Waals surface area (Å²) in [5, 5.41) is 34.0. The fraction of sp³-hybridized carbons (Fsp3) is 0.786. The largest absolute Gasteiger partial charge is 0.394 e. The lowest BCUT2D eigenvalue weighted by molar-refractivity contribution is -0.146. The van der Waals surface area contributed by atoms with E-state index < -0.39 is 148 Å². The van der Waals surface area contributed by atoms with Gasteiger partial charge >= 0.3 is 0 Å². The van der Waals surface area contributed by atoms with E-state index in [4.69, 9.17) is 5.73 Å². The summed E-state index contributed by atoms with van der Waals surface area (Å²) >= 11 is 0. The highest BCUT2D eigenvalue weighted by Gasteiger charge is 2.46. The van der Waals surface area contributed by atoms with Crippen molar-refractivity contribution in [3.05, 3.63) is 0 Å². The monoisotopic (exact) mass is 1150 g/mol. The van der Waals surface area contributed by atoms with Gasteiger partial charge in [0, 0.05) is 20.0 Å². The highest BCUT2D eigenvalue weighted by molar-refractivity contribution is 6.01. The van der Waals surface area contributed by atoms with Crippen LogP contribution < -0.4 is 53.6 Å². The first kappa shape index (κ1) is 70.7. The Hall–Kier alpha value is -6.40. The lowest BCUT2D eigenvalue weighted by Crippen LogP contribution is -2.64. The molecule has 0 saturated carbocycles. The van der Waals surface area contributed by atoms with Crippen molar-refractivity contribution in [1.29, 1.82) is 0 Å². The molecule has 0 aliphatic carbocycles. The Morgan fingerprint density at radius 3 is 1.28 bits per heavy atom. The Kier molecular flexibility index (Phi) is 26.7. The standard InChI is InChI=1S/C56H98N12O13/c1-29(2)24-35(44(72)59-37(26-31(5)6)47(75)65-55(14,15)52(80)68-23-19-21-41(68)49(77)61-39(28-69)32(7)8)60-48(76)40-20-18-22-67(40)53(81)56(16,17)66-50(78)43(33(9)10)63-46(74)36(25-30(3)4)58-45(73)38(27-42(57)71)62-51(79)54(12,13)64-34(11)70/h29-33,35-41,43,69H,18-28H2,1-17H3,(H2,57,71)(H,58,73)(H,59,72)(H,60,76)(H,61,77)(H,62,79)(H,63,74)(H,64,70)(H,65,75)(H,66,78). The van der Waals surface area contributed by atoms with Gasteiger partial charge in [0.05, 0.1) is 19.1 Å². The maximum atomic E-state index is 14.4. The molecule has 460 valence electrons. The Bertz CT molecular complexity index is 2280. The fourth-order valence-corrected chi connectivity index (χ4v) is 9.83. The first-order chi connectivity index (χ1) is 37.3. The number of amides is 12. The maximum Gasteiger partial charge on any atom is 0.248 e. The summed E-state index contributed by atoms with van der Waals surface area (Å²) in [6.07, 6.45) is 1.33. The molecule has 0 radical (unpaired) electrons. The lowest BCUT2D eigenvalue weighted by atomic mass is 9.97. The molecule has 2 fully saturated rings. The van der Waals surface area contributed by atoms with Crippen LogP contribution in [-0.2, 0) is 57.5 Å². The summed E-state index contributed by atoms with van der Waals surface area (Å²) in [4.78, 5) is 166. The van der Waals surface area contributed by atoms with E-state index in [1.165, 1.54) is 58.3 Å². The van der Waals surface area contributed by atoms with Crippen molar-refractivity contribution in [1.82, 2.24) is 57.7 Å². The molecule has 25 heteroatoms. The summed E-state index contributed by atoms with van der Waals surface area (Å²) in [6, 6.07) is -8.75. The molecule has 2 aliphatic heterocycles. The van der Waals surface area contributed by atoms with E-state index in [0.717, 1.165) is 0 Å². The van der Waals surface area contributed by atoms with Crippen LogP contribution in [0.1, 0.15) is 169 Å². The molecule has 0 aromatic rings. The summed E-state index contributed by atoms with van der Waals surface area (Å²) in [7, 11) is 0. The zero-order valence-corrected chi connectivity index (χ0v) is 51.1. The molecule has 8 atom stereocenters. The number of rotatable bonds is 30. The van der Waals surface area contributed by atoms with Crippen LogP contribution in [0.15, 0.2) is 0 Å². The molecule has 2 rings (SSSR count). The van der Waals surface area contributed by atoms with E-state index in [1.807, 2.05) is 41.5 Å². The van der Waals surface area contributed by atoms with Gasteiger partial charge in [-0.1, -0.05) is 69.2 Å². The number of aliphatic hydroxyl groups is 1. The fourth-order valence-electron chi connectivity index (χ4n) is 9.83. The van der Waals surface area contributed by atoms with Gasteiger partial charge in [0.2, 0.25) is 70.9 Å². The second-order valence-electron chi connectivity index (χ2n) is 25.4. The molecule has 0 spiro atoms. The lowest BCUT2D eigenvalue weighted by Gasteiger charge is -2.36. The Morgan fingerprint density at radius 2 is 0.889 bits per heavy atom. The number of nitrogens with one attached hydrogen (secondary N) is 9. The van der Waals surface area contributed by atoms with Crippen LogP contribution in [0.2, 0.25) is 0 Å². The number of hydrogen-bond acceptors (Lipinski definition) is 13. The summed E-state index contributed by atoms with van der Waals surface area (Å²) in [5.41, 5.74) is 0.754. The van der Waals surface area contributed by atoms with Crippen LogP contribution in [-0.4, -0.2) is 170 Å². The summed E-state index contributed by atoms with van der Waals surface area (Å²) < 4.78 is 0. The number of primary amides is 1. The smallest absolute Gasteiger partial charge is 0.248 e. The molecular formula is C56H98N12O13. The highest BCUT2D eigenvalue weighted by Crippen LogP contribution is 2.25. The predicted molar refractivity (Wildman–Crippen MR) is 302 cm³/mol. The molecule has 81 heavy (non-hydrogen) atoms. The maximum absolute atomic E-state index is 14.4. The van der Waals surface area contributed by atoms with Crippen molar-refractivity contribution in [2.75, 3.05) is 19.7 Å². The van der Waals surface area contributed by atoms with E-state index in [0.29, 0.717) is 19.3 Å². The number of nitrogens with two attached hydrogens (primary N) is 1. The summed E-state index contributed by atoms with van der Waals surface area (Å²) in [6.45, 7) is 28.1. The second kappa shape index (κ2) is 30.6. The number of likely N-dealkylation sites (tertiary alicyclic amines) is 2. The van der Waals surface area contributed by atoms with Crippen LogP contribution >= 0.6 is 0 Å². The molecule has 0 bridgehead atoms. The van der Waals surface area contributed by atoms with E-state index in [-0.39, 0.29) is 69.1 Å². The quantitative estimate of drug-likeness (QED) is 0.0448. The zero-order chi connectivity index (χ0) is 62.2. The Morgan fingerprint density at radius 1 is 0.494 bits per heavy atom. The average molecular weight is 1150 g/mol. The third-order valence-electron chi connectivity index (χ3n) is 14.3. The number of aliphatic hydroxyl groups excluding tert-OH is 1. The van der Waals surface area contributed by atoms with Crippen molar-refractivity contribution in [3.63, 3.8) is 0 Å². The van der Waals surface area contributed by atoms with Gasteiger partial charge in [0.15, 0.2) is 0 Å². The minimum Gasteiger partial charge on any atom is -0.394 e. The van der Waals surface area contributed by atoms with Crippen LogP contribution in [0, 0.1) is 29.6 Å². The minimum atomic E-state index is -1.66. The second-order valence-corrected chi connectivity index (χ2v) is 25.4. The first-order valence-electron chi connectivity index (χ1n) is 28.5. The first-order valence-corrected chi connectivity index (χ1v) is 28.5. The molecule has 8 unspecified atom stereocenters. The Balaban J connectivity index is 2.29. The van der Waals surface area contributed by atoms with Gasteiger partial charge in [0.25, 0.3) is 0 Å². The zero-order valence-electron chi connectivity index (χ0n) is 51.1. The Labute approximate surface area is 478 Å². The molecule has 0 aromatic carbocycles. The van der Waals surface area contributed by atoms with Crippen LogP contribution in [0.25, 0.3) is 0 Å². The van der Waals surface area contributed by atoms with Crippen molar-refractivity contribution in [3.8, 4) is 0 Å². The third kappa shape index (κ3) is 21.5. The van der Waals surface area contributed by atoms with E-state index in [2.05, 4.69) is 47.9 Å². The number of nitrogens with zero attached hydrogens (tertiary/aromatic N) is 2. The highest BCUT2D eigenvalue weighted by atomic mass is 16.3. The van der Waals surface area contributed by atoms with Crippen LogP contribution in [0.5, 0.6) is 0 Å². The van der Waals surface area contributed by atoms with Gasteiger partial charge < -0.3 is 68.5 Å². The van der Waals surface area contributed by atoms with Gasteiger partial charge in [0.1, 0.15) is 58.9 Å². The molecule has 0 aromatic heterocycles. The molecule has 12 amide bonds. The van der Waals surface area contributed by atoms with E-state index in [1.54, 1.807) is 27.7 Å². The number of carbonyl (C=O) groups excluding carboxylic acids is 12. The number of carbonyl (C=O) groups is 12. The molecule has 25 nitrogen and oxygen atoms in total. The van der Waals surface area contributed by atoms with Crippen molar-refractivity contribution in [2.24, 2.45) is 35.3 Å². The molecule has 12 N–H and O–H groups in total. The minimum absolute atomic E-state index is 0.0534.